The third-order valence-electron chi connectivity index (χ3n) is 6.41. The lowest BCUT2D eigenvalue weighted by molar-refractivity contribution is -0.118. The highest BCUT2D eigenvalue weighted by atomic mass is 16.6. The maximum Gasteiger partial charge on any atom is 0.190 e. The Morgan fingerprint density at radius 2 is 2.00 bits per heavy atom. The molecule has 18 heavy (non-hydrogen) atoms. The highest BCUT2D eigenvalue weighted by Crippen LogP contribution is 2.76. The Bertz CT molecular complexity index is 494. The van der Waals surface area contributed by atoms with Crippen molar-refractivity contribution in [2.45, 2.75) is 51.4 Å². The van der Waals surface area contributed by atoms with Crippen LogP contribution in [0.1, 0.15) is 33.6 Å². The molecule has 4 fully saturated rings. The normalized spacial score (nSPS) is 59.6. The summed E-state index contributed by atoms with van der Waals surface area (Å²) < 4.78 is 5.78. The van der Waals surface area contributed by atoms with E-state index in [1.807, 2.05) is 0 Å². The van der Waals surface area contributed by atoms with Crippen molar-refractivity contribution in [2.75, 3.05) is 0 Å². The molecule has 0 unspecified atom stereocenters. The second kappa shape index (κ2) is 2.61. The Morgan fingerprint density at radius 1 is 1.33 bits per heavy atom. The van der Waals surface area contributed by atoms with E-state index in [0.717, 1.165) is 12.8 Å². The second-order valence-electron chi connectivity index (χ2n) is 7.56. The number of carbonyl (C=O) groups excluding carboxylic acids is 1. The summed E-state index contributed by atoms with van der Waals surface area (Å²) in [4.78, 5) is 12.1. The summed E-state index contributed by atoms with van der Waals surface area (Å²) >= 11 is 0. The van der Waals surface area contributed by atoms with Gasteiger partial charge in [-0.15, -0.1) is 0 Å². The zero-order valence-corrected chi connectivity index (χ0v) is 11.2. The smallest absolute Gasteiger partial charge is 0.190 e. The molecule has 1 N–H and O–H groups in total. The van der Waals surface area contributed by atoms with Crippen LogP contribution in [0.3, 0.4) is 0 Å². The number of fused-ring (bicyclic) bond motifs is 2. The number of carbonyl (C=O) groups is 1. The molecule has 0 amide bonds. The number of rotatable bonds is 0. The summed E-state index contributed by atoms with van der Waals surface area (Å²) in [5.41, 5.74) is -0.0142. The Morgan fingerprint density at radius 3 is 2.67 bits per heavy atom. The van der Waals surface area contributed by atoms with Crippen LogP contribution >= 0.6 is 0 Å². The van der Waals surface area contributed by atoms with E-state index in [9.17, 15) is 9.90 Å². The number of hydrogen-bond donors (Lipinski definition) is 1. The van der Waals surface area contributed by atoms with Gasteiger partial charge in [0.2, 0.25) is 0 Å². The molecule has 0 aromatic heterocycles. The number of epoxide rings is 1. The van der Waals surface area contributed by atoms with Crippen molar-refractivity contribution in [1.29, 1.82) is 0 Å². The summed E-state index contributed by atoms with van der Waals surface area (Å²) in [7, 11) is 0. The van der Waals surface area contributed by atoms with Crippen molar-refractivity contribution in [3.8, 4) is 0 Å². The van der Waals surface area contributed by atoms with E-state index in [1.54, 1.807) is 0 Å². The molecule has 3 saturated carbocycles. The minimum atomic E-state index is -0.362. The highest BCUT2D eigenvalue weighted by Gasteiger charge is 2.84. The molecule has 1 aliphatic heterocycles. The predicted molar refractivity (Wildman–Crippen MR) is 65.9 cm³/mol. The van der Waals surface area contributed by atoms with E-state index >= 15 is 0 Å². The van der Waals surface area contributed by atoms with Crippen LogP contribution < -0.4 is 0 Å². The van der Waals surface area contributed by atoms with Gasteiger partial charge in [0.15, 0.2) is 11.9 Å². The maximum atomic E-state index is 12.1. The molecule has 0 bridgehead atoms. The van der Waals surface area contributed by atoms with Gasteiger partial charge in [0.1, 0.15) is 5.60 Å². The van der Waals surface area contributed by atoms with Crippen LogP contribution in [0.2, 0.25) is 0 Å². The van der Waals surface area contributed by atoms with Crippen molar-refractivity contribution in [2.24, 2.45) is 22.7 Å². The molecular weight excluding hydrogens is 228 g/mol. The summed E-state index contributed by atoms with van der Waals surface area (Å²) in [5, 5.41) is 10.7. The molecule has 1 saturated heterocycles. The first-order valence-corrected chi connectivity index (χ1v) is 6.85. The monoisotopic (exact) mass is 248 g/mol. The van der Waals surface area contributed by atoms with Gasteiger partial charge in [0.05, 0.1) is 6.10 Å². The quantitative estimate of drug-likeness (QED) is 0.524. The number of aliphatic hydroxyl groups excluding tert-OH is 1. The predicted octanol–water partition coefficient (Wildman–Crippen LogP) is 1.70. The van der Waals surface area contributed by atoms with E-state index in [4.69, 9.17) is 4.74 Å². The minimum Gasteiger partial charge on any atom is -0.392 e. The molecule has 0 aromatic rings. The van der Waals surface area contributed by atoms with Gasteiger partial charge < -0.3 is 9.84 Å². The lowest BCUT2D eigenvalue weighted by atomic mass is 9.68. The third-order valence-corrected chi connectivity index (χ3v) is 6.41. The van der Waals surface area contributed by atoms with Gasteiger partial charge in [-0.1, -0.05) is 27.4 Å². The van der Waals surface area contributed by atoms with Gasteiger partial charge in [-0.3, -0.25) is 4.79 Å². The summed E-state index contributed by atoms with van der Waals surface area (Å²) in [6.45, 7) is 10.4. The van der Waals surface area contributed by atoms with Crippen molar-refractivity contribution >= 4 is 5.78 Å². The zero-order valence-electron chi connectivity index (χ0n) is 11.2. The van der Waals surface area contributed by atoms with Gasteiger partial charge in [0.25, 0.3) is 0 Å². The molecule has 3 aliphatic carbocycles. The topological polar surface area (TPSA) is 49.8 Å². The molecule has 3 heteroatoms. The fourth-order valence-electron chi connectivity index (χ4n) is 5.40. The van der Waals surface area contributed by atoms with Crippen molar-refractivity contribution in [1.82, 2.24) is 0 Å². The lowest BCUT2D eigenvalue weighted by Crippen LogP contribution is -2.42. The van der Waals surface area contributed by atoms with Crippen LogP contribution in [0.25, 0.3) is 0 Å². The fourth-order valence-corrected chi connectivity index (χ4v) is 5.40. The lowest BCUT2D eigenvalue weighted by Gasteiger charge is -2.37. The second-order valence-corrected chi connectivity index (χ2v) is 7.56. The van der Waals surface area contributed by atoms with Gasteiger partial charge in [-0.25, -0.2) is 0 Å². The minimum absolute atomic E-state index is 0.0593. The molecule has 0 radical (unpaired) electrons. The number of ether oxygens (including phenoxy) is 1. The van der Waals surface area contributed by atoms with E-state index in [2.05, 4.69) is 27.4 Å². The van der Waals surface area contributed by atoms with E-state index in [0.29, 0.717) is 11.5 Å². The van der Waals surface area contributed by atoms with Crippen LogP contribution in [0, 0.1) is 22.7 Å². The first kappa shape index (κ1) is 11.2. The molecule has 98 valence electrons. The van der Waals surface area contributed by atoms with Crippen LogP contribution in [0.5, 0.6) is 0 Å². The Balaban J connectivity index is 1.85. The summed E-state index contributed by atoms with van der Waals surface area (Å²) in [6.07, 6.45) is 1.33. The van der Waals surface area contributed by atoms with Crippen LogP contribution in [0.4, 0.5) is 0 Å². The molecule has 4 aliphatic rings. The van der Waals surface area contributed by atoms with E-state index < -0.39 is 0 Å². The number of hydrogen-bond acceptors (Lipinski definition) is 3. The Kier molecular flexibility index (Phi) is 1.62. The maximum absolute atomic E-state index is 12.1. The average Bonchev–Trinajstić information content (AvgIpc) is 2.84. The first-order valence-electron chi connectivity index (χ1n) is 6.85. The molecule has 3 nitrogen and oxygen atoms in total. The van der Waals surface area contributed by atoms with E-state index in [-0.39, 0.29) is 40.3 Å². The van der Waals surface area contributed by atoms with Crippen molar-refractivity contribution in [3.05, 3.63) is 12.2 Å². The Hall–Kier alpha value is -0.670. The van der Waals surface area contributed by atoms with Crippen LogP contribution in [-0.2, 0) is 9.53 Å². The highest BCUT2D eigenvalue weighted by molar-refractivity contribution is 6.07. The first-order chi connectivity index (χ1) is 8.26. The largest absolute Gasteiger partial charge is 0.392 e. The van der Waals surface area contributed by atoms with Crippen molar-refractivity contribution < 1.29 is 14.6 Å². The van der Waals surface area contributed by atoms with E-state index in [1.165, 1.54) is 0 Å². The van der Waals surface area contributed by atoms with Crippen LogP contribution in [0.15, 0.2) is 12.2 Å². The molecule has 4 rings (SSSR count). The van der Waals surface area contributed by atoms with Gasteiger partial charge in [-0.2, -0.15) is 0 Å². The van der Waals surface area contributed by atoms with Gasteiger partial charge in [0, 0.05) is 16.9 Å². The summed E-state index contributed by atoms with van der Waals surface area (Å²) in [6, 6.07) is 0. The molecule has 1 spiro atoms. The van der Waals surface area contributed by atoms with Crippen molar-refractivity contribution in [3.63, 3.8) is 0 Å². The van der Waals surface area contributed by atoms with Crippen LogP contribution in [-0.4, -0.2) is 28.7 Å². The number of ketones is 1. The molecule has 0 aromatic carbocycles. The SMILES string of the molecule is C=C1C(=O)[C@H]2O[C@]23C[C@H]2CC(C)(C)[C@H](O)[C@H]2[C@]13C. The number of Topliss-reactive ketones (excluding diaryl/α,β-unsaturated/α-hetero) is 1. The zero-order chi connectivity index (χ0) is 13.1. The number of aliphatic hydroxyl groups is 1. The molecule has 1 heterocycles. The fraction of sp³-hybridized carbons (Fsp3) is 0.800. The standard InChI is InChI=1S/C15H20O3/c1-7-10(16)12-15(18-12)6-8-5-13(2,3)11(17)9(8)14(7,15)4/h8-9,11-12,17H,1,5-6H2,2-4H3/t8-,9+,11-,12-,14+,15-/m1/s1. The summed E-state index contributed by atoms with van der Waals surface area (Å²) in [5.74, 6) is 0.680. The molecule has 6 atom stereocenters. The van der Waals surface area contributed by atoms with Gasteiger partial charge in [-0.05, 0) is 24.2 Å². The third kappa shape index (κ3) is 0.837. The van der Waals surface area contributed by atoms with Gasteiger partial charge >= 0.3 is 0 Å². The Labute approximate surface area is 107 Å². The molecular formula is C15H20O3. The average molecular weight is 248 g/mol.